The van der Waals surface area contributed by atoms with E-state index in [9.17, 15) is 26.0 Å². The number of fused-ring (bicyclic) bond motifs is 1. The highest BCUT2D eigenvalue weighted by Gasteiger charge is 2.42. The Kier molecular flexibility index (Phi) is 4.13. The summed E-state index contributed by atoms with van der Waals surface area (Å²) in [4.78, 5) is 3.34. The van der Waals surface area contributed by atoms with Gasteiger partial charge in [0.1, 0.15) is 11.5 Å². The van der Waals surface area contributed by atoms with E-state index in [1.54, 1.807) is 14.0 Å². The number of pyridine rings is 1. The van der Waals surface area contributed by atoms with Crippen LogP contribution in [-0.4, -0.2) is 42.1 Å². The van der Waals surface area contributed by atoms with Gasteiger partial charge in [0.05, 0.1) is 11.9 Å². The van der Waals surface area contributed by atoms with Gasteiger partial charge in [-0.15, -0.1) is 0 Å². The zero-order valence-corrected chi connectivity index (χ0v) is 12.2. The number of aryl methyl sites for hydroxylation is 2. The first-order valence-electron chi connectivity index (χ1n) is 5.89. The van der Waals surface area contributed by atoms with E-state index in [4.69, 9.17) is 0 Å². The third-order valence-electron chi connectivity index (χ3n) is 2.85. The van der Waals surface area contributed by atoms with E-state index in [2.05, 4.69) is 14.3 Å². The zero-order chi connectivity index (χ0) is 16.7. The second-order valence-electron chi connectivity index (χ2n) is 4.53. The predicted molar refractivity (Wildman–Crippen MR) is 67.3 cm³/mol. The van der Waals surface area contributed by atoms with Crippen molar-refractivity contribution in [3.63, 3.8) is 0 Å². The molecule has 11 heteroatoms. The molecule has 0 fully saturated rings. The molecule has 0 aliphatic rings. The molecule has 0 saturated carbocycles. The number of nitrogens with zero attached hydrogens (tertiary/aromatic N) is 3. The first kappa shape index (κ1) is 16.6. The average Bonchev–Trinajstić information content (AvgIpc) is 2.72. The van der Waals surface area contributed by atoms with Gasteiger partial charge >= 0.3 is 12.3 Å². The van der Waals surface area contributed by atoms with Crippen LogP contribution in [0.4, 0.5) is 17.6 Å². The largest absolute Gasteiger partial charge is 0.331 e. The second-order valence-corrected chi connectivity index (χ2v) is 6.14. The Morgan fingerprint density at radius 2 is 2.05 bits per heavy atom. The topological polar surface area (TPSA) is 74.1 Å². The van der Waals surface area contributed by atoms with Crippen LogP contribution in [-0.2, 0) is 21.3 Å². The molecule has 0 saturated heterocycles. The standard InChI is InChI=1S/C11H11F4N3O3S/c1-6-8-3-7(4-16-9(8)18(2)17-6)22(19,20)21-5-11(14,15)10(12)13/h3-4,10H,5H2,1-2H3. The maximum atomic E-state index is 12.7. The Morgan fingerprint density at radius 3 is 2.64 bits per heavy atom. The van der Waals surface area contributed by atoms with Crippen LogP contribution in [0, 0.1) is 6.92 Å². The summed E-state index contributed by atoms with van der Waals surface area (Å²) in [6, 6.07) is 1.14. The smallest absolute Gasteiger partial charge is 0.260 e. The lowest BCUT2D eigenvalue weighted by atomic mass is 10.3. The molecule has 22 heavy (non-hydrogen) atoms. The van der Waals surface area contributed by atoms with Gasteiger partial charge in [-0.1, -0.05) is 0 Å². The van der Waals surface area contributed by atoms with Gasteiger partial charge in [0.2, 0.25) is 0 Å². The van der Waals surface area contributed by atoms with Crippen LogP contribution in [0.3, 0.4) is 0 Å². The second kappa shape index (κ2) is 5.47. The fourth-order valence-corrected chi connectivity index (χ4v) is 2.60. The number of rotatable bonds is 5. The summed E-state index contributed by atoms with van der Waals surface area (Å²) in [7, 11) is -3.05. The lowest BCUT2D eigenvalue weighted by molar-refractivity contribution is -0.147. The van der Waals surface area contributed by atoms with Crippen molar-refractivity contribution in [1.29, 1.82) is 0 Å². The quantitative estimate of drug-likeness (QED) is 0.613. The summed E-state index contributed by atoms with van der Waals surface area (Å²) in [6.45, 7) is -0.344. The van der Waals surface area contributed by atoms with Gasteiger partial charge in [0, 0.05) is 12.4 Å². The number of halogens is 4. The molecule has 0 aliphatic heterocycles. The van der Waals surface area contributed by atoms with Crippen molar-refractivity contribution in [2.24, 2.45) is 7.05 Å². The van der Waals surface area contributed by atoms with Crippen LogP contribution >= 0.6 is 0 Å². The zero-order valence-electron chi connectivity index (χ0n) is 11.4. The van der Waals surface area contributed by atoms with Gasteiger partial charge in [-0.2, -0.15) is 22.3 Å². The Balaban J connectivity index is 2.32. The summed E-state index contributed by atoms with van der Waals surface area (Å²) in [5.41, 5.74) is 0.856. The molecule has 0 unspecified atom stereocenters. The predicted octanol–water partition coefficient (Wildman–Crippen LogP) is 1.88. The van der Waals surface area contributed by atoms with Gasteiger partial charge < -0.3 is 0 Å². The molecule has 0 amide bonds. The number of aromatic nitrogens is 3. The molecule has 0 bridgehead atoms. The van der Waals surface area contributed by atoms with Crippen molar-refractivity contribution in [1.82, 2.24) is 14.8 Å². The molecule has 0 N–H and O–H groups in total. The molecule has 122 valence electrons. The van der Waals surface area contributed by atoms with Crippen molar-refractivity contribution in [2.45, 2.75) is 24.2 Å². The average molecular weight is 341 g/mol. The summed E-state index contributed by atoms with van der Waals surface area (Å²) in [5, 5.41) is 4.40. The van der Waals surface area contributed by atoms with Crippen molar-refractivity contribution in [3.05, 3.63) is 18.0 Å². The van der Waals surface area contributed by atoms with Crippen molar-refractivity contribution in [3.8, 4) is 0 Å². The molecular formula is C11H11F4N3O3S. The maximum Gasteiger partial charge on any atom is 0.331 e. The van der Waals surface area contributed by atoms with E-state index in [0.717, 1.165) is 12.3 Å². The van der Waals surface area contributed by atoms with Crippen LogP contribution in [0.15, 0.2) is 17.2 Å². The number of hydrogen-bond acceptors (Lipinski definition) is 5. The molecule has 0 aliphatic carbocycles. The SMILES string of the molecule is Cc1nn(C)c2ncc(S(=O)(=O)OCC(F)(F)C(F)F)cc12. The van der Waals surface area contributed by atoms with Gasteiger partial charge in [0.25, 0.3) is 10.1 Å². The summed E-state index contributed by atoms with van der Waals surface area (Å²) < 4.78 is 78.5. The van der Waals surface area contributed by atoms with Crippen molar-refractivity contribution in [2.75, 3.05) is 6.61 Å². The Morgan fingerprint density at radius 1 is 1.41 bits per heavy atom. The van der Waals surface area contributed by atoms with E-state index >= 15 is 0 Å². The number of hydrogen-bond donors (Lipinski definition) is 0. The molecule has 2 rings (SSSR count). The van der Waals surface area contributed by atoms with Crippen LogP contribution in [0.25, 0.3) is 11.0 Å². The molecule has 0 spiro atoms. The summed E-state index contributed by atoms with van der Waals surface area (Å²) in [5.74, 6) is -4.56. The van der Waals surface area contributed by atoms with E-state index in [1.807, 2.05) is 0 Å². The lowest BCUT2D eigenvalue weighted by Crippen LogP contribution is -2.33. The van der Waals surface area contributed by atoms with Gasteiger partial charge in [-0.25, -0.2) is 13.8 Å². The van der Waals surface area contributed by atoms with E-state index in [-0.39, 0.29) is 0 Å². The minimum atomic E-state index is -4.64. The third kappa shape index (κ3) is 3.04. The minimum Gasteiger partial charge on any atom is -0.260 e. The maximum absolute atomic E-state index is 12.7. The van der Waals surface area contributed by atoms with E-state index in [0.29, 0.717) is 16.7 Å². The molecule has 6 nitrogen and oxygen atoms in total. The van der Waals surface area contributed by atoms with E-state index in [1.165, 1.54) is 4.68 Å². The molecule has 2 aromatic heterocycles. The highest BCUT2D eigenvalue weighted by molar-refractivity contribution is 7.86. The van der Waals surface area contributed by atoms with Crippen molar-refractivity contribution >= 4 is 21.2 Å². The Bertz CT molecular complexity index is 804. The van der Waals surface area contributed by atoms with Crippen LogP contribution < -0.4 is 0 Å². The Labute approximate surface area is 122 Å². The first-order chi connectivity index (χ1) is 10.0. The van der Waals surface area contributed by atoms with Crippen LogP contribution in [0.1, 0.15) is 5.69 Å². The van der Waals surface area contributed by atoms with Crippen LogP contribution in [0.5, 0.6) is 0 Å². The molecule has 2 heterocycles. The molecule has 2 aromatic rings. The van der Waals surface area contributed by atoms with E-state index < -0.39 is 34.0 Å². The third-order valence-corrected chi connectivity index (χ3v) is 4.08. The molecule has 0 aromatic carbocycles. The highest BCUT2D eigenvalue weighted by Crippen LogP contribution is 2.26. The van der Waals surface area contributed by atoms with Gasteiger partial charge in [0.15, 0.2) is 5.65 Å². The van der Waals surface area contributed by atoms with Crippen LogP contribution in [0.2, 0.25) is 0 Å². The number of alkyl halides is 4. The van der Waals surface area contributed by atoms with Gasteiger partial charge in [-0.3, -0.25) is 8.86 Å². The lowest BCUT2D eigenvalue weighted by Gasteiger charge is -2.14. The monoisotopic (exact) mass is 341 g/mol. The normalized spacial score (nSPS) is 13.2. The van der Waals surface area contributed by atoms with Crippen molar-refractivity contribution < 1.29 is 30.2 Å². The minimum absolute atomic E-state index is 0.382. The Hall–Kier alpha value is -1.75. The fourth-order valence-electron chi connectivity index (χ4n) is 1.71. The molecular weight excluding hydrogens is 330 g/mol. The summed E-state index contributed by atoms with van der Waals surface area (Å²) in [6.07, 6.45) is -3.14. The molecule has 0 radical (unpaired) electrons. The van der Waals surface area contributed by atoms with Gasteiger partial charge in [-0.05, 0) is 13.0 Å². The molecule has 0 atom stereocenters. The summed E-state index contributed by atoms with van der Waals surface area (Å²) >= 11 is 0. The first-order valence-corrected chi connectivity index (χ1v) is 7.30. The fraction of sp³-hybridized carbons (Fsp3) is 0.455. The highest BCUT2D eigenvalue weighted by atomic mass is 32.2.